The van der Waals surface area contributed by atoms with E-state index in [1.807, 2.05) is 16.3 Å². The van der Waals surface area contributed by atoms with E-state index in [1.165, 1.54) is 0 Å². The number of thiophene rings is 1. The Morgan fingerprint density at radius 2 is 2.21 bits per heavy atom. The molecule has 2 rings (SSSR count). The van der Waals surface area contributed by atoms with E-state index in [9.17, 15) is 0 Å². The first-order valence-electron chi connectivity index (χ1n) is 5.84. The molecule has 0 bridgehead atoms. The number of hydrogen-bond donors (Lipinski definition) is 1. The molecule has 104 valence electrons. The van der Waals surface area contributed by atoms with Crippen LogP contribution in [0.3, 0.4) is 0 Å². The van der Waals surface area contributed by atoms with Crippen LogP contribution in [0.2, 0.25) is 0 Å². The Labute approximate surface area is 133 Å². The lowest BCUT2D eigenvalue weighted by Crippen LogP contribution is -2.23. The molecule has 0 aliphatic carbocycles. The third-order valence-corrected chi connectivity index (χ3v) is 5.17. The van der Waals surface area contributed by atoms with Gasteiger partial charge in [-0.25, -0.2) is 0 Å². The summed E-state index contributed by atoms with van der Waals surface area (Å²) in [5, 5.41) is 6.44. The number of aromatic nitrogens is 2. The molecule has 0 aromatic carbocycles. The topological polar surface area (TPSA) is 47.1 Å². The van der Waals surface area contributed by atoms with E-state index in [2.05, 4.69) is 62.0 Å². The van der Waals surface area contributed by atoms with Gasteiger partial charge in [-0.1, -0.05) is 0 Å². The van der Waals surface area contributed by atoms with Crippen molar-refractivity contribution < 1.29 is 0 Å². The number of hydrogen-bond acceptors (Lipinski definition) is 4. The second-order valence-electron chi connectivity index (χ2n) is 4.55. The first-order valence-corrected chi connectivity index (χ1v) is 8.31. The number of rotatable bonds is 5. The number of halogens is 2. The highest BCUT2D eigenvalue weighted by Gasteiger charge is 2.19. The van der Waals surface area contributed by atoms with Gasteiger partial charge in [0.15, 0.2) is 0 Å². The van der Waals surface area contributed by atoms with E-state index in [0.717, 1.165) is 32.6 Å². The normalized spacial score (nSPS) is 13.2. The Kier molecular flexibility index (Phi) is 5.19. The van der Waals surface area contributed by atoms with Gasteiger partial charge < -0.3 is 10.6 Å². The Morgan fingerprint density at radius 1 is 1.47 bits per heavy atom. The van der Waals surface area contributed by atoms with Gasteiger partial charge in [0.2, 0.25) is 0 Å². The zero-order chi connectivity index (χ0) is 14.0. The SMILES string of the molecule is CN(C)CCn1ncc(Br)c1C(N)c1cc(Br)cs1. The van der Waals surface area contributed by atoms with Crippen molar-refractivity contribution >= 4 is 43.2 Å². The Hall–Kier alpha value is -0.210. The van der Waals surface area contributed by atoms with E-state index in [1.54, 1.807) is 11.3 Å². The van der Waals surface area contributed by atoms with E-state index in [4.69, 9.17) is 5.73 Å². The monoisotopic (exact) mass is 406 g/mol. The summed E-state index contributed by atoms with van der Waals surface area (Å²) >= 11 is 8.66. The first-order chi connectivity index (χ1) is 8.99. The van der Waals surface area contributed by atoms with Crippen LogP contribution in [0.5, 0.6) is 0 Å². The van der Waals surface area contributed by atoms with Crippen LogP contribution in [0.4, 0.5) is 0 Å². The molecular weight excluding hydrogens is 392 g/mol. The molecule has 0 radical (unpaired) electrons. The fourth-order valence-corrected chi connectivity index (χ4v) is 3.77. The van der Waals surface area contributed by atoms with Crippen molar-refractivity contribution in [2.75, 3.05) is 20.6 Å². The predicted octanol–water partition coefficient (Wildman–Crippen LogP) is 3.08. The summed E-state index contributed by atoms with van der Waals surface area (Å²) in [6, 6.07) is 1.90. The van der Waals surface area contributed by atoms with Crippen LogP contribution in [0.25, 0.3) is 0 Å². The molecule has 1 unspecified atom stereocenters. The molecule has 0 amide bonds. The number of nitrogens with two attached hydrogens (primary N) is 1. The Balaban J connectivity index is 2.25. The molecule has 7 heteroatoms. The van der Waals surface area contributed by atoms with Crippen molar-refractivity contribution in [1.82, 2.24) is 14.7 Å². The molecule has 1 atom stereocenters. The lowest BCUT2D eigenvalue weighted by molar-refractivity contribution is 0.368. The van der Waals surface area contributed by atoms with Crippen LogP contribution in [-0.4, -0.2) is 35.3 Å². The van der Waals surface area contributed by atoms with Gasteiger partial charge in [0.1, 0.15) is 0 Å². The number of likely N-dealkylation sites (N-methyl/N-ethyl adjacent to an activating group) is 1. The largest absolute Gasteiger partial charge is 0.318 e. The maximum absolute atomic E-state index is 6.37. The molecule has 0 spiro atoms. The molecule has 0 aliphatic heterocycles. The van der Waals surface area contributed by atoms with Crippen LogP contribution in [-0.2, 0) is 6.54 Å². The van der Waals surface area contributed by atoms with E-state index < -0.39 is 0 Å². The van der Waals surface area contributed by atoms with Gasteiger partial charge in [0.25, 0.3) is 0 Å². The van der Waals surface area contributed by atoms with Crippen molar-refractivity contribution in [2.24, 2.45) is 5.73 Å². The molecule has 0 aliphatic rings. The minimum Gasteiger partial charge on any atom is -0.318 e. The van der Waals surface area contributed by atoms with E-state index >= 15 is 0 Å². The summed E-state index contributed by atoms with van der Waals surface area (Å²) in [6.45, 7) is 1.76. The molecule has 19 heavy (non-hydrogen) atoms. The van der Waals surface area contributed by atoms with E-state index in [-0.39, 0.29) is 6.04 Å². The van der Waals surface area contributed by atoms with Gasteiger partial charge in [0, 0.05) is 21.3 Å². The maximum Gasteiger partial charge on any atom is 0.0828 e. The fourth-order valence-electron chi connectivity index (χ4n) is 1.78. The lowest BCUT2D eigenvalue weighted by Gasteiger charge is -2.16. The highest BCUT2D eigenvalue weighted by atomic mass is 79.9. The Morgan fingerprint density at radius 3 is 2.79 bits per heavy atom. The first kappa shape index (κ1) is 15.2. The minimum atomic E-state index is -0.157. The quantitative estimate of drug-likeness (QED) is 0.828. The van der Waals surface area contributed by atoms with E-state index in [0.29, 0.717) is 0 Å². The average molecular weight is 408 g/mol. The van der Waals surface area contributed by atoms with Crippen LogP contribution in [0.15, 0.2) is 26.6 Å². The number of nitrogens with zero attached hydrogens (tertiary/aromatic N) is 3. The van der Waals surface area contributed by atoms with Gasteiger partial charge in [-0.05, 0) is 52.0 Å². The molecule has 0 saturated carbocycles. The highest BCUT2D eigenvalue weighted by Crippen LogP contribution is 2.31. The smallest absolute Gasteiger partial charge is 0.0828 e. The predicted molar refractivity (Wildman–Crippen MR) is 86.5 cm³/mol. The lowest BCUT2D eigenvalue weighted by atomic mass is 10.2. The molecule has 4 nitrogen and oxygen atoms in total. The van der Waals surface area contributed by atoms with Crippen molar-refractivity contribution in [3.05, 3.63) is 37.2 Å². The van der Waals surface area contributed by atoms with Crippen LogP contribution >= 0.6 is 43.2 Å². The van der Waals surface area contributed by atoms with Crippen molar-refractivity contribution in [1.29, 1.82) is 0 Å². The molecule has 2 aromatic rings. The fraction of sp³-hybridized carbons (Fsp3) is 0.417. The van der Waals surface area contributed by atoms with Gasteiger partial charge >= 0.3 is 0 Å². The summed E-state index contributed by atoms with van der Waals surface area (Å²) in [5.74, 6) is 0. The van der Waals surface area contributed by atoms with Crippen LogP contribution in [0.1, 0.15) is 16.6 Å². The third kappa shape index (κ3) is 3.66. The van der Waals surface area contributed by atoms with Crippen molar-refractivity contribution in [3.63, 3.8) is 0 Å². The van der Waals surface area contributed by atoms with Gasteiger partial charge in [0.05, 0.1) is 29.0 Å². The van der Waals surface area contributed by atoms with Gasteiger partial charge in [-0.3, -0.25) is 4.68 Å². The van der Waals surface area contributed by atoms with Crippen molar-refractivity contribution in [2.45, 2.75) is 12.6 Å². The average Bonchev–Trinajstić information content (AvgIpc) is 2.92. The third-order valence-electron chi connectivity index (χ3n) is 2.78. The minimum absolute atomic E-state index is 0.157. The zero-order valence-electron chi connectivity index (χ0n) is 10.8. The van der Waals surface area contributed by atoms with Crippen LogP contribution in [0, 0.1) is 0 Å². The second-order valence-corrected chi connectivity index (χ2v) is 7.26. The molecule has 0 fully saturated rings. The standard InChI is InChI=1S/C12H16Br2N4S/c1-17(2)3-4-18-12(9(14)6-16-18)11(15)10-5-8(13)7-19-10/h5-7,11H,3-4,15H2,1-2H3. The van der Waals surface area contributed by atoms with Gasteiger partial charge in [-0.15, -0.1) is 11.3 Å². The molecule has 0 saturated heterocycles. The molecule has 2 N–H and O–H groups in total. The molecular formula is C12H16Br2N4S. The summed E-state index contributed by atoms with van der Waals surface area (Å²) < 4.78 is 4.00. The Bertz CT molecular complexity index is 550. The highest BCUT2D eigenvalue weighted by molar-refractivity contribution is 9.10. The summed E-state index contributed by atoms with van der Waals surface area (Å²) in [5.41, 5.74) is 7.39. The summed E-state index contributed by atoms with van der Waals surface area (Å²) in [4.78, 5) is 3.26. The van der Waals surface area contributed by atoms with Crippen LogP contribution < -0.4 is 5.73 Å². The van der Waals surface area contributed by atoms with Gasteiger partial charge in [-0.2, -0.15) is 5.10 Å². The summed E-state index contributed by atoms with van der Waals surface area (Å²) in [7, 11) is 4.10. The zero-order valence-corrected chi connectivity index (χ0v) is 14.8. The van der Waals surface area contributed by atoms with Crippen molar-refractivity contribution in [3.8, 4) is 0 Å². The second kappa shape index (κ2) is 6.49. The molecule has 2 heterocycles. The summed E-state index contributed by atoms with van der Waals surface area (Å²) in [6.07, 6.45) is 1.81. The molecule has 2 aromatic heterocycles. The maximum atomic E-state index is 6.37.